The Kier molecular flexibility index (Phi) is 7.02. The summed E-state index contributed by atoms with van der Waals surface area (Å²) in [6.45, 7) is 6.35. The number of ether oxygens (including phenoxy) is 2. The van der Waals surface area contributed by atoms with Crippen molar-refractivity contribution >= 4 is 12.1 Å². The largest absolute Gasteiger partial charge is 0.504 e. The molecule has 0 aliphatic carbocycles. The van der Waals surface area contributed by atoms with Crippen LogP contribution in [0.4, 0.5) is 0 Å². The molecule has 0 saturated carbocycles. The Morgan fingerprint density at radius 1 is 1.19 bits per heavy atom. The fourth-order valence-corrected chi connectivity index (χ4v) is 2.22. The van der Waals surface area contributed by atoms with Crippen molar-refractivity contribution in [1.29, 1.82) is 0 Å². The van der Waals surface area contributed by atoms with E-state index in [4.69, 9.17) is 9.47 Å². The summed E-state index contributed by atoms with van der Waals surface area (Å²) in [6.07, 6.45) is 1.35. The summed E-state index contributed by atoms with van der Waals surface area (Å²) in [6, 6.07) is 12.7. The number of hydrogen-bond donors (Lipinski definition) is 2. The predicted molar refractivity (Wildman–Crippen MR) is 101 cm³/mol. The second kappa shape index (κ2) is 9.46. The highest BCUT2D eigenvalue weighted by molar-refractivity contribution is 5.86. The van der Waals surface area contributed by atoms with E-state index in [9.17, 15) is 9.90 Å². The minimum absolute atomic E-state index is 0.0196. The van der Waals surface area contributed by atoms with Crippen molar-refractivity contribution in [1.82, 2.24) is 5.43 Å². The zero-order chi connectivity index (χ0) is 18.9. The Bertz CT molecular complexity index is 755. The van der Waals surface area contributed by atoms with Crippen LogP contribution in [-0.4, -0.2) is 30.4 Å². The lowest BCUT2D eigenvalue weighted by Crippen LogP contribution is -2.24. The molecule has 138 valence electrons. The van der Waals surface area contributed by atoms with Crippen LogP contribution in [0.3, 0.4) is 0 Å². The smallest absolute Gasteiger partial charge is 0.277 e. The average molecular weight is 356 g/mol. The number of hydrazone groups is 1. The van der Waals surface area contributed by atoms with Gasteiger partial charge in [-0.2, -0.15) is 5.10 Å². The number of hydrogen-bond acceptors (Lipinski definition) is 5. The number of aromatic hydroxyl groups is 1. The number of carbonyl (C=O) groups is 1. The zero-order valence-corrected chi connectivity index (χ0v) is 15.2. The van der Waals surface area contributed by atoms with Gasteiger partial charge in [0.1, 0.15) is 5.75 Å². The molecule has 6 heteroatoms. The minimum atomic E-state index is -0.394. The van der Waals surface area contributed by atoms with Gasteiger partial charge in [0.25, 0.3) is 5.91 Å². The Morgan fingerprint density at radius 2 is 1.92 bits per heavy atom. The number of phenolic OH excluding ortho intramolecular Hbond substituents is 1. The number of nitrogens with zero attached hydrogens (tertiary/aromatic N) is 1. The quantitative estimate of drug-likeness (QED) is 0.561. The van der Waals surface area contributed by atoms with Crippen LogP contribution in [0, 0.1) is 0 Å². The Labute approximate surface area is 153 Å². The van der Waals surface area contributed by atoms with Gasteiger partial charge in [0.15, 0.2) is 18.1 Å². The number of carbonyl (C=O) groups excluding carboxylic acids is 1. The third kappa shape index (κ3) is 5.51. The van der Waals surface area contributed by atoms with E-state index in [0.29, 0.717) is 29.6 Å². The van der Waals surface area contributed by atoms with Crippen LogP contribution in [0.5, 0.6) is 17.2 Å². The second-order valence-corrected chi connectivity index (χ2v) is 5.93. The molecule has 0 spiro atoms. The molecule has 2 aromatic carbocycles. The van der Waals surface area contributed by atoms with Gasteiger partial charge in [-0.3, -0.25) is 4.79 Å². The molecular weight excluding hydrogens is 332 g/mol. The molecule has 2 aromatic rings. The molecule has 6 nitrogen and oxygen atoms in total. The lowest BCUT2D eigenvalue weighted by atomic mass is 10.0. The summed E-state index contributed by atoms with van der Waals surface area (Å²) in [5, 5.41) is 13.9. The van der Waals surface area contributed by atoms with Gasteiger partial charge in [0.05, 0.1) is 12.8 Å². The molecule has 0 unspecified atom stereocenters. The van der Waals surface area contributed by atoms with Crippen molar-refractivity contribution in [3.63, 3.8) is 0 Å². The Balaban J connectivity index is 1.85. The van der Waals surface area contributed by atoms with Crippen LogP contribution >= 0.6 is 0 Å². The van der Waals surface area contributed by atoms with E-state index in [1.807, 2.05) is 31.2 Å². The maximum absolute atomic E-state index is 11.8. The molecule has 0 fully saturated rings. The first kappa shape index (κ1) is 19.3. The maximum atomic E-state index is 11.8. The normalized spacial score (nSPS) is 10.9. The molecule has 26 heavy (non-hydrogen) atoms. The molecule has 0 aliphatic rings. The van der Waals surface area contributed by atoms with Crippen LogP contribution in [0.2, 0.25) is 0 Å². The fraction of sp³-hybridized carbons (Fsp3) is 0.300. The molecule has 2 rings (SSSR count). The van der Waals surface area contributed by atoms with Crippen molar-refractivity contribution in [2.75, 3.05) is 13.2 Å². The fourth-order valence-electron chi connectivity index (χ4n) is 2.22. The number of rotatable bonds is 8. The van der Waals surface area contributed by atoms with Crippen molar-refractivity contribution in [2.45, 2.75) is 26.7 Å². The monoisotopic (exact) mass is 356 g/mol. The van der Waals surface area contributed by atoms with Gasteiger partial charge in [-0.15, -0.1) is 0 Å². The summed E-state index contributed by atoms with van der Waals surface area (Å²) in [7, 11) is 0. The number of nitrogens with one attached hydrogen (secondary N) is 1. The summed E-state index contributed by atoms with van der Waals surface area (Å²) < 4.78 is 10.7. The molecule has 0 heterocycles. The molecule has 0 saturated heterocycles. The van der Waals surface area contributed by atoms with Gasteiger partial charge >= 0.3 is 0 Å². The molecular formula is C20H24N2O4. The van der Waals surface area contributed by atoms with Crippen molar-refractivity contribution < 1.29 is 19.4 Å². The SMILES string of the molecule is CCOc1cccc(/C=N/NC(=O)COc2ccc(C(C)C)cc2)c1O. The van der Waals surface area contributed by atoms with E-state index in [0.717, 1.165) is 0 Å². The van der Waals surface area contributed by atoms with Crippen LogP contribution in [0.1, 0.15) is 37.8 Å². The lowest BCUT2D eigenvalue weighted by Gasteiger charge is -2.08. The number of para-hydroxylation sites is 1. The van der Waals surface area contributed by atoms with Crippen molar-refractivity contribution in [3.05, 3.63) is 53.6 Å². The topological polar surface area (TPSA) is 80.2 Å². The molecule has 1 amide bonds. The first-order valence-corrected chi connectivity index (χ1v) is 8.50. The van der Waals surface area contributed by atoms with Crippen LogP contribution in [0.25, 0.3) is 0 Å². The zero-order valence-electron chi connectivity index (χ0n) is 15.2. The highest BCUT2D eigenvalue weighted by Crippen LogP contribution is 2.28. The molecule has 0 bridgehead atoms. The summed E-state index contributed by atoms with van der Waals surface area (Å²) in [5.41, 5.74) is 4.02. The standard InChI is InChI=1S/C20H24N2O4/c1-4-25-18-7-5-6-16(20(18)24)12-21-22-19(23)13-26-17-10-8-15(9-11-17)14(2)3/h5-12,14,24H,4,13H2,1-3H3,(H,22,23)/b21-12+. The molecule has 0 radical (unpaired) electrons. The summed E-state index contributed by atoms with van der Waals surface area (Å²) in [4.78, 5) is 11.8. The third-order valence-corrected chi connectivity index (χ3v) is 3.64. The minimum Gasteiger partial charge on any atom is -0.504 e. The van der Waals surface area contributed by atoms with Gasteiger partial charge in [0, 0.05) is 5.56 Å². The van der Waals surface area contributed by atoms with Crippen LogP contribution in [0.15, 0.2) is 47.6 Å². The maximum Gasteiger partial charge on any atom is 0.277 e. The summed E-state index contributed by atoms with van der Waals surface area (Å²) >= 11 is 0. The van der Waals surface area contributed by atoms with Crippen molar-refractivity contribution in [2.24, 2.45) is 5.10 Å². The average Bonchev–Trinajstić information content (AvgIpc) is 2.63. The van der Waals surface area contributed by atoms with Crippen LogP contribution in [-0.2, 0) is 4.79 Å². The number of benzene rings is 2. The first-order chi connectivity index (χ1) is 12.5. The Hall–Kier alpha value is -3.02. The highest BCUT2D eigenvalue weighted by Gasteiger charge is 2.06. The van der Waals surface area contributed by atoms with Gasteiger partial charge < -0.3 is 14.6 Å². The first-order valence-electron chi connectivity index (χ1n) is 8.50. The number of phenols is 1. The summed E-state index contributed by atoms with van der Waals surface area (Å²) in [5.74, 6) is 1.02. The number of amides is 1. The predicted octanol–water partition coefficient (Wildman–Crippen LogP) is 3.44. The van der Waals surface area contributed by atoms with E-state index in [1.165, 1.54) is 11.8 Å². The van der Waals surface area contributed by atoms with Gasteiger partial charge in [-0.05, 0) is 42.7 Å². The van der Waals surface area contributed by atoms with E-state index in [1.54, 1.807) is 18.2 Å². The van der Waals surface area contributed by atoms with E-state index < -0.39 is 5.91 Å². The second-order valence-electron chi connectivity index (χ2n) is 5.93. The van der Waals surface area contributed by atoms with Gasteiger partial charge in [-0.25, -0.2) is 5.43 Å². The van der Waals surface area contributed by atoms with E-state index in [-0.39, 0.29) is 12.4 Å². The lowest BCUT2D eigenvalue weighted by molar-refractivity contribution is -0.123. The van der Waals surface area contributed by atoms with Crippen molar-refractivity contribution in [3.8, 4) is 17.2 Å². The molecule has 0 aromatic heterocycles. The van der Waals surface area contributed by atoms with Gasteiger partial charge in [-0.1, -0.05) is 32.0 Å². The van der Waals surface area contributed by atoms with E-state index in [2.05, 4.69) is 24.4 Å². The molecule has 0 aliphatic heterocycles. The van der Waals surface area contributed by atoms with Gasteiger partial charge in [0.2, 0.25) is 0 Å². The molecule has 0 atom stereocenters. The van der Waals surface area contributed by atoms with Crippen LogP contribution < -0.4 is 14.9 Å². The Morgan fingerprint density at radius 3 is 2.58 bits per heavy atom. The third-order valence-electron chi connectivity index (χ3n) is 3.64. The highest BCUT2D eigenvalue weighted by atomic mass is 16.5. The van der Waals surface area contributed by atoms with E-state index >= 15 is 0 Å². The molecule has 2 N–H and O–H groups in total.